The molecule has 0 heterocycles. The summed E-state index contributed by atoms with van der Waals surface area (Å²) in [4.78, 5) is 10.5. The van der Waals surface area contributed by atoms with Crippen LogP contribution in [0.15, 0.2) is 48.6 Å². The molecule has 5 unspecified atom stereocenters. The van der Waals surface area contributed by atoms with E-state index in [0.29, 0.717) is 37.7 Å². The molecule has 4 N–H and O–H groups in total. The van der Waals surface area contributed by atoms with Crippen LogP contribution in [-0.2, 0) is 17.4 Å². The Bertz CT molecular complexity index is 773. The fourth-order valence-corrected chi connectivity index (χ4v) is 3.98. The van der Waals surface area contributed by atoms with Crippen molar-refractivity contribution < 1.29 is 38.4 Å². The smallest absolute Gasteiger partial charge is 0.416 e. The fraction of sp³-hybridized carbons (Fsp3) is 0.542. The van der Waals surface area contributed by atoms with Gasteiger partial charge in [-0.3, -0.25) is 4.79 Å². The summed E-state index contributed by atoms with van der Waals surface area (Å²) in [7, 11) is 0. The average Bonchev–Trinajstić information content (AvgIpc) is 2.99. The van der Waals surface area contributed by atoms with Gasteiger partial charge >= 0.3 is 12.1 Å². The Morgan fingerprint density at radius 1 is 1.12 bits per heavy atom. The molecule has 1 aromatic carbocycles. The molecule has 0 amide bonds. The van der Waals surface area contributed by atoms with E-state index in [9.17, 15) is 33.3 Å². The largest absolute Gasteiger partial charge is 0.481 e. The van der Waals surface area contributed by atoms with Crippen LogP contribution in [0.2, 0.25) is 0 Å². The summed E-state index contributed by atoms with van der Waals surface area (Å²) < 4.78 is 37.9. The van der Waals surface area contributed by atoms with Gasteiger partial charge in [-0.25, -0.2) is 0 Å². The number of hydrogen-bond donors (Lipinski definition) is 4. The standard InChI is InChI=1S/C24H31F3O5/c25-24(26,27)17-10-7-16(8-11-17)9-12-18(28)13-14-20-19(21(29)15-22(20)30)5-3-1-2-4-6-23(31)32/h1,3,7-8,10-11,13-14,18-22,28-30H,2,4-6,9,12,15H2,(H,31,32). The number of carboxylic acids is 1. The van der Waals surface area contributed by atoms with Gasteiger partial charge in [-0.2, -0.15) is 13.2 Å². The molecule has 0 aliphatic heterocycles. The highest BCUT2D eigenvalue weighted by Crippen LogP contribution is 2.36. The number of aliphatic carboxylic acids is 1. The third kappa shape index (κ3) is 8.41. The van der Waals surface area contributed by atoms with Crippen molar-refractivity contribution in [2.75, 3.05) is 0 Å². The first-order valence-corrected chi connectivity index (χ1v) is 10.8. The Morgan fingerprint density at radius 2 is 1.81 bits per heavy atom. The number of aryl methyl sites for hydroxylation is 1. The number of halogens is 3. The van der Waals surface area contributed by atoms with Crippen molar-refractivity contribution in [2.45, 2.75) is 69.4 Å². The van der Waals surface area contributed by atoms with Crippen molar-refractivity contribution >= 4 is 5.97 Å². The topological polar surface area (TPSA) is 98.0 Å². The summed E-state index contributed by atoms with van der Waals surface area (Å²) >= 11 is 0. The van der Waals surface area contributed by atoms with Gasteiger partial charge in [0.15, 0.2) is 0 Å². The average molecular weight is 457 g/mol. The number of aliphatic hydroxyl groups excluding tert-OH is 3. The molecule has 0 spiro atoms. The maximum absolute atomic E-state index is 12.6. The molecule has 1 aliphatic rings. The Hall–Kier alpha value is -2.16. The molecule has 5 nitrogen and oxygen atoms in total. The molecule has 8 heteroatoms. The Morgan fingerprint density at radius 3 is 2.44 bits per heavy atom. The maximum Gasteiger partial charge on any atom is 0.416 e. The SMILES string of the molecule is O=C(O)CCCC=CCC1C(O)CC(O)C1C=CC(O)CCc1ccc(C(F)(F)F)cc1. The first-order valence-electron chi connectivity index (χ1n) is 10.8. The Balaban J connectivity index is 1.84. The van der Waals surface area contributed by atoms with Crippen LogP contribution in [0.3, 0.4) is 0 Å². The van der Waals surface area contributed by atoms with Crippen LogP contribution in [0.4, 0.5) is 13.2 Å². The summed E-state index contributed by atoms with van der Waals surface area (Å²) in [5, 5.41) is 39.4. The zero-order valence-electron chi connectivity index (χ0n) is 17.8. The molecule has 0 aromatic heterocycles. The van der Waals surface area contributed by atoms with Gasteiger partial charge in [0, 0.05) is 18.8 Å². The Labute approximate surface area is 185 Å². The Kier molecular flexibility index (Phi) is 9.93. The molecule has 32 heavy (non-hydrogen) atoms. The predicted octanol–water partition coefficient (Wildman–Crippen LogP) is 4.11. The van der Waals surface area contributed by atoms with E-state index >= 15 is 0 Å². The van der Waals surface area contributed by atoms with Crippen molar-refractivity contribution in [2.24, 2.45) is 11.8 Å². The summed E-state index contributed by atoms with van der Waals surface area (Å²) in [6.45, 7) is 0. The first kappa shape index (κ1) is 26.1. The van der Waals surface area contributed by atoms with Crippen molar-refractivity contribution in [1.29, 1.82) is 0 Å². The summed E-state index contributed by atoms with van der Waals surface area (Å²) in [5.74, 6) is -1.37. The second kappa shape index (κ2) is 12.2. The minimum Gasteiger partial charge on any atom is -0.481 e. The number of allylic oxidation sites excluding steroid dienone is 2. The molecule has 1 aliphatic carbocycles. The van der Waals surface area contributed by atoms with E-state index in [0.717, 1.165) is 12.1 Å². The van der Waals surface area contributed by atoms with Crippen molar-refractivity contribution in [3.8, 4) is 0 Å². The molecule has 0 saturated heterocycles. The van der Waals surface area contributed by atoms with Gasteiger partial charge in [-0.05, 0) is 55.7 Å². The van der Waals surface area contributed by atoms with Crippen LogP contribution < -0.4 is 0 Å². The molecule has 2 rings (SSSR count). The highest BCUT2D eigenvalue weighted by atomic mass is 19.4. The number of rotatable bonds is 11. The fourth-order valence-electron chi connectivity index (χ4n) is 3.98. The number of carboxylic acid groups (broad SMARTS) is 1. The summed E-state index contributed by atoms with van der Waals surface area (Å²) in [6.07, 6.45) is 3.20. The van der Waals surface area contributed by atoms with Gasteiger partial charge in [-0.1, -0.05) is 36.4 Å². The van der Waals surface area contributed by atoms with E-state index < -0.39 is 36.0 Å². The second-order valence-corrected chi connectivity index (χ2v) is 8.29. The van der Waals surface area contributed by atoms with Crippen LogP contribution in [0.1, 0.15) is 49.7 Å². The minimum absolute atomic E-state index is 0.102. The number of unbranched alkanes of at least 4 members (excludes halogenated alkanes) is 1. The lowest BCUT2D eigenvalue weighted by Crippen LogP contribution is -2.20. The molecular formula is C24H31F3O5. The van der Waals surface area contributed by atoms with Gasteiger partial charge in [0.2, 0.25) is 0 Å². The molecule has 1 fully saturated rings. The van der Waals surface area contributed by atoms with Crippen LogP contribution >= 0.6 is 0 Å². The van der Waals surface area contributed by atoms with Gasteiger partial charge in [-0.15, -0.1) is 0 Å². The van der Waals surface area contributed by atoms with Crippen LogP contribution in [0, 0.1) is 11.8 Å². The summed E-state index contributed by atoms with van der Waals surface area (Å²) in [6, 6.07) is 4.84. The van der Waals surface area contributed by atoms with Gasteiger partial charge < -0.3 is 20.4 Å². The number of benzene rings is 1. The highest BCUT2D eigenvalue weighted by molar-refractivity contribution is 5.66. The first-order chi connectivity index (χ1) is 15.1. The van der Waals surface area contributed by atoms with Gasteiger partial charge in [0.1, 0.15) is 0 Å². The van der Waals surface area contributed by atoms with E-state index in [1.807, 2.05) is 12.2 Å². The third-order valence-electron chi connectivity index (χ3n) is 5.82. The lowest BCUT2D eigenvalue weighted by molar-refractivity contribution is -0.138. The number of alkyl halides is 3. The van der Waals surface area contributed by atoms with E-state index in [2.05, 4.69) is 0 Å². The van der Waals surface area contributed by atoms with E-state index in [4.69, 9.17) is 5.11 Å². The lowest BCUT2D eigenvalue weighted by Gasteiger charge is -2.19. The molecule has 178 valence electrons. The van der Waals surface area contributed by atoms with Crippen molar-refractivity contribution in [3.05, 3.63) is 59.7 Å². The number of carbonyl (C=O) groups is 1. The zero-order chi connectivity index (χ0) is 23.7. The van der Waals surface area contributed by atoms with Gasteiger partial charge in [0.25, 0.3) is 0 Å². The summed E-state index contributed by atoms with van der Waals surface area (Å²) in [5.41, 5.74) is -0.0230. The number of aliphatic hydroxyl groups is 3. The molecule has 0 radical (unpaired) electrons. The van der Waals surface area contributed by atoms with Crippen molar-refractivity contribution in [3.63, 3.8) is 0 Å². The highest BCUT2D eigenvalue weighted by Gasteiger charge is 2.39. The maximum atomic E-state index is 12.6. The van der Waals surface area contributed by atoms with Crippen molar-refractivity contribution in [1.82, 2.24) is 0 Å². The van der Waals surface area contributed by atoms with Crippen LogP contribution in [-0.4, -0.2) is 44.7 Å². The van der Waals surface area contributed by atoms with Gasteiger partial charge in [0.05, 0.1) is 23.9 Å². The molecule has 1 aromatic rings. The van der Waals surface area contributed by atoms with E-state index in [1.54, 1.807) is 12.2 Å². The van der Waals surface area contributed by atoms with E-state index in [-0.39, 0.29) is 24.7 Å². The van der Waals surface area contributed by atoms with Crippen LogP contribution in [0.25, 0.3) is 0 Å². The normalized spacial score (nSPS) is 25.1. The lowest BCUT2D eigenvalue weighted by atomic mass is 9.89. The second-order valence-electron chi connectivity index (χ2n) is 8.29. The van der Waals surface area contributed by atoms with E-state index in [1.165, 1.54) is 12.1 Å². The molecule has 5 atom stereocenters. The molecule has 0 bridgehead atoms. The number of hydrogen-bond acceptors (Lipinski definition) is 4. The third-order valence-corrected chi connectivity index (χ3v) is 5.82. The molecular weight excluding hydrogens is 425 g/mol. The zero-order valence-corrected chi connectivity index (χ0v) is 17.8. The monoisotopic (exact) mass is 456 g/mol. The quantitative estimate of drug-likeness (QED) is 0.297. The molecule has 1 saturated carbocycles. The minimum atomic E-state index is -4.38. The predicted molar refractivity (Wildman–Crippen MR) is 114 cm³/mol. The van der Waals surface area contributed by atoms with Crippen LogP contribution in [0.5, 0.6) is 0 Å².